The third kappa shape index (κ3) is 5.54. The van der Waals surface area contributed by atoms with Gasteiger partial charge in [0.1, 0.15) is 11.9 Å². The van der Waals surface area contributed by atoms with Crippen molar-refractivity contribution in [2.75, 3.05) is 6.61 Å². The average Bonchev–Trinajstić information content (AvgIpc) is 3.71. The largest absolute Gasteiger partial charge is 0.507 e. The molecule has 7 unspecified atom stereocenters. The Morgan fingerprint density at radius 2 is 1.74 bits per heavy atom. The topological polar surface area (TPSA) is 85.2 Å². The van der Waals surface area contributed by atoms with Gasteiger partial charge in [0.05, 0.1) is 24.4 Å². The lowest BCUT2D eigenvalue weighted by Gasteiger charge is -2.58. The van der Waals surface area contributed by atoms with Gasteiger partial charge < -0.3 is 24.4 Å². The van der Waals surface area contributed by atoms with Crippen molar-refractivity contribution in [2.24, 2.45) is 63.6 Å². The predicted molar refractivity (Wildman–Crippen MR) is 205 cm³/mol. The highest BCUT2D eigenvalue weighted by molar-refractivity contribution is 5.66. The molecule has 1 spiro atoms. The van der Waals surface area contributed by atoms with Crippen LogP contribution in [0.2, 0.25) is 0 Å². The summed E-state index contributed by atoms with van der Waals surface area (Å²) in [6, 6.07) is 4.22. The number of hydrogen-bond acceptors (Lipinski definition) is 6. The fourth-order valence-corrected chi connectivity index (χ4v) is 15.3. The van der Waals surface area contributed by atoms with Gasteiger partial charge in [-0.2, -0.15) is 0 Å². The van der Waals surface area contributed by atoms with E-state index in [1.807, 2.05) is 6.07 Å². The van der Waals surface area contributed by atoms with Crippen LogP contribution in [0, 0.1) is 75.4 Å². The smallest absolute Gasteiger partial charge is 0.302 e. The quantitative estimate of drug-likeness (QED) is 0.239. The average molecular weight is 727 g/mol. The maximum absolute atomic E-state index is 11.9. The van der Waals surface area contributed by atoms with Crippen molar-refractivity contribution in [3.05, 3.63) is 28.8 Å². The highest BCUT2D eigenvalue weighted by Crippen LogP contribution is 2.70. The van der Waals surface area contributed by atoms with E-state index < -0.39 is 0 Å². The molecular formula is C47H66O6. The zero-order valence-electron chi connectivity index (χ0n) is 33.4. The summed E-state index contributed by atoms with van der Waals surface area (Å²) < 4.78 is 19.4. The number of aromatic hydroxyl groups is 1. The summed E-state index contributed by atoms with van der Waals surface area (Å²) in [6.45, 7) is 14.4. The monoisotopic (exact) mass is 726 g/mol. The first-order chi connectivity index (χ1) is 25.3. The van der Waals surface area contributed by atoms with Crippen LogP contribution in [0.3, 0.4) is 0 Å². The lowest BCUT2D eigenvalue weighted by Crippen LogP contribution is -2.55. The van der Waals surface area contributed by atoms with E-state index in [0.29, 0.717) is 65.1 Å². The third-order valence-corrected chi connectivity index (χ3v) is 18.2. The third-order valence-electron chi connectivity index (χ3n) is 18.2. The van der Waals surface area contributed by atoms with Crippen molar-refractivity contribution in [3.63, 3.8) is 0 Å². The SMILES string of the molecule is CC(=O)O[C@H]1CCC2C3CCc4cc(O)c(C#CCC[C@]5(C)C6CC[C@@]7(C)C(C[C@@H]8O[C@]9(CCC(C)CO9)[C@@H](C)[C@@H]87)C6CC[C@@H]5O)cc4C3CC[C@@]21C. The number of carbonyl (C=O) groups excluding carboxylic acids is 1. The fraction of sp³-hybridized carbons (Fsp3) is 0.809. The number of fused-ring (bicyclic) bond motifs is 10. The van der Waals surface area contributed by atoms with E-state index in [-0.39, 0.29) is 40.2 Å². The molecule has 0 aromatic heterocycles. The Bertz CT molecular complexity index is 1670. The Kier molecular flexibility index (Phi) is 8.96. The second-order valence-electron chi connectivity index (χ2n) is 20.5. The van der Waals surface area contributed by atoms with Gasteiger partial charge in [0.15, 0.2) is 5.79 Å². The highest BCUT2D eigenvalue weighted by Gasteiger charge is 2.69. The van der Waals surface area contributed by atoms with Gasteiger partial charge >= 0.3 is 5.97 Å². The lowest BCUT2D eigenvalue weighted by atomic mass is 9.47. The van der Waals surface area contributed by atoms with Crippen molar-refractivity contribution in [1.82, 2.24) is 0 Å². The van der Waals surface area contributed by atoms with E-state index in [1.54, 1.807) is 6.92 Å². The molecule has 0 radical (unpaired) electrons. The molecule has 6 aliphatic carbocycles. The highest BCUT2D eigenvalue weighted by atomic mass is 16.7. The number of phenols is 1. The number of aliphatic hydroxyl groups is 1. The summed E-state index contributed by atoms with van der Waals surface area (Å²) in [7, 11) is 0. The van der Waals surface area contributed by atoms with Gasteiger partial charge in [-0.25, -0.2) is 0 Å². The molecule has 2 heterocycles. The van der Waals surface area contributed by atoms with Crippen LogP contribution in [-0.4, -0.2) is 46.9 Å². The fourth-order valence-electron chi connectivity index (χ4n) is 15.3. The van der Waals surface area contributed by atoms with Crippen LogP contribution in [0.4, 0.5) is 0 Å². The first-order valence-electron chi connectivity index (χ1n) is 21.8. The summed E-state index contributed by atoms with van der Waals surface area (Å²) in [5.41, 5.74) is 3.60. The molecule has 16 atom stereocenters. The molecule has 0 bridgehead atoms. The molecule has 9 rings (SSSR count). The van der Waals surface area contributed by atoms with Crippen molar-refractivity contribution in [2.45, 2.75) is 168 Å². The van der Waals surface area contributed by atoms with E-state index in [1.165, 1.54) is 30.4 Å². The number of esters is 1. The maximum atomic E-state index is 11.9. The molecule has 6 heteroatoms. The van der Waals surface area contributed by atoms with Crippen LogP contribution >= 0.6 is 0 Å². The zero-order valence-corrected chi connectivity index (χ0v) is 33.4. The van der Waals surface area contributed by atoms with E-state index in [2.05, 4.69) is 52.5 Å². The van der Waals surface area contributed by atoms with E-state index >= 15 is 0 Å². The second-order valence-corrected chi connectivity index (χ2v) is 20.5. The van der Waals surface area contributed by atoms with E-state index in [0.717, 1.165) is 89.2 Å². The molecule has 8 aliphatic rings. The summed E-state index contributed by atoms with van der Waals surface area (Å²) in [5, 5.41) is 22.8. The summed E-state index contributed by atoms with van der Waals surface area (Å²) in [5.74, 6) is 11.7. The molecule has 2 aliphatic heterocycles. The number of rotatable bonds is 3. The van der Waals surface area contributed by atoms with Crippen molar-refractivity contribution >= 4 is 5.97 Å². The Morgan fingerprint density at radius 1 is 0.925 bits per heavy atom. The van der Waals surface area contributed by atoms with Gasteiger partial charge in [0.25, 0.3) is 0 Å². The van der Waals surface area contributed by atoms with Crippen molar-refractivity contribution in [3.8, 4) is 17.6 Å². The number of aryl methyl sites for hydroxylation is 1. The molecule has 1 aromatic carbocycles. The van der Waals surface area contributed by atoms with Gasteiger partial charge in [-0.05, 0) is 165 Å². The van der Waals surface area contributed by atoms with Crippen LogP contribution in [0.15, 0.2) is 12.1 Å². The Hall–Kier alpha value is -2.07. The number of phenolic OH excluding ortho intramolecular Hbond substituents is 1. The zero-order chi connectivity index (χ0) is 37.1. The van der Waals surface area contributed by atoms with Gasteiger partial charge in [-0.15, -0.1) is 0 Å². The second kappa shape index (κ2) is 13.0. The van der Waals surface area contributed by atoms with Gasteiger partial charge in [-0.1, -0.05) is 46.5 Å². The number of hydrogen-bond donors (Lipinski definition) is 2. The summed E-state index contributed by atoms with van der Waals surface area (Å²) in [4.78, 5) is 11.9. The number of carbonyl (C=O) groups is 1. The van der Waals surface area contributed by atoms with Crippen LogP contribution in [0.25, 0.3) is 0 Å². The molecule has 0 amide bonds. The number of aliphatic hydroxyl groups excluding tert-OH is 1. The minimum absolute atomic E-state index is 0.0371. The number of ether oxygens (including phenoxy) is 3. The minimum atomic E-state index is -0.374. The molecule has 2 saturated heterocycles. The molecule has 1 aromatic rings. The Balaban J connectivity index is 0.886. The minimum Gasteiger partial charge on any atom is -0.507 e. The normalized spacial score (nSPS) is 49.4. The van der Waals surface area contributed by atoms with Gasteiger partial charge in [0.2, 0.25) is 0 Å². The molecule has 7 fully saturated rings. The van der Waals surface area contributed by atoms with Crippen LogP contribution in [0.5, 0.6) is 5.75 Å². The van der Waals surface area contributed by atoms with E-state index in [9.17, 15) is 15.0 Å². The predicted octanol–water partition coefficient (Wildman–Crippen LogP) is 9.32. The van der Waals surface area contributed by atoms with Crippen molar-refractivity contribution in [1.29, 1.82) is 0 Å². The number of benzene rings is 1. The first kappa shape index (κ1) is 36.6. The first-order valence-corrected chi connectivity index (χ1v) is 21.8. The molecule has 2 N–H and O–H groups in total. The van der Waals surface area contributed by atoms with Gasteiger partial charge in [0, 0.05) is 31.1 Å². The summed E-state index contributed by atoms with van der Waals surface area (Å²) in [6.07, 6.45) is 15.8. The summed E-state index contributed by atoms with van der Waals surface area (Å²) >= 11 is 0. The maximum Gasteiger partial charge on any atom is 0.302 e. The molecule has 53 heavy (non-hydrogen) atoms. The molecule has 6 nitrogen and oxygen atoms in total. The van der Waals surface area contributed by atoms with Gasteiger partial charge in [-0.3, -0.25) is 4.79 Å². The van der Waals surface area contributed by atoms with E-state index in [4.69, 9.17) is 14.2 Å². The van der Waals surface area contributed by atoms with Crippen molar-refractivity contribution < 1.29 is 29.2 Å². The van der Waals surface area contributed by atoms with Crippen LogP contribution < -0.4 is 0 Å². The van der Waals surface area contributed by atoms with Crippen LogP contribution in [0.1, 0.15) is 154 Å². The Morgan fingerprint density at radius 3 is 2.51 bits per heavy atom. The molecule has 5 saturated carbocycles. The molecular weight excluding hydrogens is 661 g/mol. The lowest BCUT2D eigenvalue weighted by molar-refractivity contribution is -0.273. The van der Waals surface area contributed by atoms with Crippen LogP contribution in [-0.2, 0) is 25.4 Å². The standard InChI is InChI=1S/C47H66O6/c1-27-16-22-47(51-26-27)28(2)43-40(53-47)25-38-34-12-14-41(50)44(4,37(34)18-21-46(38,43)6)19-8-7-9-31-23-35-30(24-39(31)49)10-11-33-32(35)17-20-45(5)36(33)13-15-42(45)52-29(3)48/h23-24,27-28,32-34,36-38,40-43,49-50H,8,10-22,25-26H2,1-6H3/t27?,28-,32?,33?,34?,36?,37?,38?,40-,41-,42-,43-,44+,45-,46-,47+/m0/s1. The Labute approximate surface area is 318 Å². The molecule has 290 valence electrons.